The zero-order chi connectivity index (χ0) is 13.5. The molecule has 4 aromatic rings. The summed E-state index contributed by atoms with van der Waals surface area (Å²) in [5.41, 5.74) is 3.59. The quantitative estimate of drug-likeness (QED) is 0.451. The van der Waals surface area contributed by atoms with Crippen molar-refractivity contribution in [2.75, 3.05) is 0 Å². The van der Waals surface area contributed by atoms with Crippen LogP contribution < -0.4 is 0 Å². The summed E-state index contributed by atoms with van der Waals surface area (Å²) in [5, 5.41) is 2.70. The van der Waals surface area contributed by atoms with Gasteiger partial charge in [-0.3, -0.25) is 4.98 Å². The van der Waals surface area contributed by atoms with E-state index in [0.717, 1.165) is 5.69 Å². The topological polar surface area (TPSA) is 12.9 Å². The average molecular weight is 275 g/mol. The zero-order valence-corrected chi connectivity index (χ0v) is 11.9. The van der Waals surface area contributed by atoms with E-state index in [0.29, 0.717) is 0 Å². The van der Waals surface area contributed by atoms with E-state index < -0.39 is 0 Å². The number of rotatable bonds is 1. The molecule has 0 N–H and O–H groups in total. The highest BCUT2D eigenvalue weighted by molar-refractivity contribution is 7.26. The molecule has 0 bridgehead atoms. The number of nitrogens with zero attached hydrogens (tertiary/aromatic N) is 1. The molecule has 0 radical (unpaired) electrons. The molecule has 2 aromatic heterocycles. The fourth-order valence-corrected chi connectivity index (χ4v) is 3.93. The largest absolute Gasteiger partial charge is 0.256 e. The fourth-order valence-electron chi connectivity index (χ4n) is 2.72. The Kier molecular flexibility index (Phi) is 2.57. The van der Waals surface area contributed by atoms with Gasteiger partial charge >= 0.3 is 0 Å². The molecular formula is C18H13NS. The van der Waals surface area contributed by atoms with Gasteiger partial charge in [-0.25, -0.2) is 0 Å². The second-order valence-electron chi connectivity index (χ2n) is 4.93. The molecule has 0 fully saturated rings. The van der Waals surface area contributed by atoms with Gasteiger partial charge in [0.1, 0.15) is 0 Å². The summed E-state index contributed by atoms with van der Waals surface area (Å²) in [7, 11) is 0. The van der Waals surface area contributed by atoms with E-state index in [1.54, 1.807) is 0 Å². The molecule has 0 spiro atoms. The molecule has 2 heterocycles. The second kappa shape index (κ2) is 4.43. The Balaban J connectivity index is 2.07. The van der Waals surface area contributed by atoms with Crippen LogP contribution in [0.2, 0.25) is 0 Å². The Bertz CT molecular complexity index is 907. The monoisotopic (exact) mass is 275 g/mol. The maximum Gasteiger partial charge on any atom is 0.0705 e. The summed E-state index contributed by atoms with van der Waals surface area (Å²) in [5.74, 6) is 0. The van der Waals surface area contributed by atoms with Crippen molar-refractivity contribution in [2.24, 2.45) is 0 Å². The van der Waals surface area contributed by atoms with Gasteiger partial charge in [0.2, 0.25) is 0 Å². The van der Waals surface area contributed by atoms with Crippen LogP contribution in [0.3, 0.4) is 0 Å². The first-order chi connectivity index (χ1) is 9.84. The average Bonchev–Trinajstić information content (AvgIpc) is 2.88. The van der Waals surface area contributed by atoms with E-state index in [9.17, 15) is 0 Å². The lowest BCUT2D eigenvalue weighted by atomic mass is 10.0. The van der Waals surface area contributed by atoms with Crippen molar-refractivity contribution in [3.63, 3.8) is 0 Å². The lowest BCUT2D eigenvalue weighted by molar-refractivity contribution is 1.32. The molecule has 0 amide bonds. The number of benzene rings is 2. The standard InChI is InChI=1S/C18H13NS/c1-12-13(16-7-4-5-11-19-16)9-10-15-14-6-2-3-8-17(14)20-18(12)15/h2-11H,1H3. The van der Waals surface area contributed by atoms with Crippen LogP contribution in [-0.2, 0) is 0 Å². The highest BCUT2D eigenvalue weighted by atomic mass is 32.1. The van der Waals surface area contributed by atoms with Gasteiger partial charge in [-0.15, -0.1) is 11.3 Å². The Morgan fingerprint density at radius 1 is 0.850 bits per heavy atom. The van der Waals surface area contributed by atoms with E-state index >= 15 is 0 Å². The van der Waals surface area contributed by atoms with E-state index in [1.165, 1.54) is 31.3 Å². The van der Waals surface area contributed by atoms with Crippen molar-refractivity contribution in [3.05, 3.63) is 66.4 Å². The highest BCUT2D eigenvalue weighted by Gasteiger charge is 2.11. The van der Waals surface area contributed by atoms with E-state index in [2.05, 4.69) is 54.4 Å². The number of pyridine rings is 1. The molecule has 20 heavy (non-hydrogen) atoms. The van der Waals surface area contributed by atoms with E-state index in [4.69, 9.17) is 0 Å². The predicted octanol–water partition coefficient (Wildman–Crippen LogP) is 5.42. The van der Waals surface area contributed by atoms with Crippen LogP contribution in [0.4, 0.5) is 0 Å². The number of aromatic nitrogens is 1. The summed E-state index contributed by atoms with van der Waals surface area (Å²) in [6, 6.07) is 19.1. The molecule has 4 rings (SSSR count). The van der Waals surface area contributed by atoms with Crippen LogP contribution in [0.5, 0.6) is 0 Å². The molecule has 2 aromatic carbocycles. The Morgan fingerprint density at radius 3 is 2.55 bits per heavy atom. The minimum Gasteiger partial charge on any atom is -0.256 e. The van der Waals surface area contributed by atoms with Crippen LogP contribution in [0.1, 0.15) is 5.56 Å². The number of thiophene rings is 1. The van der Waals surface area contributed by atoms with Gasteiger partial charge < -0.3 is 0 Å². The molecule has 96 valence electrons. The summed E-state index contributed by atoms with van der Waals surface area (Å²) in [6.45, 7) is 2.20. The van der Waals surface area contributed by atoms with Crippen molar-refractivity contribution in [3.8, 4) is 11.3 Å². The third-order valence-electron chi connectivity index (χ3n) is 3.74. The lowest BCUT2D eigenvalue weighted by Crippen LogP contribution is -1.86. The first-order valence-corrected chi connectivity index (χ1v) is 7.48. The first-order valence-electron chi connectivity index (χ1n) is 6.67. The Morgan fingerprint density at radius 2 is 1.70 bits per heavy atom. The van der Waals surface area contributed by atoms with Crippen molar-refractivity contribution in [1.29, 1.82) is 0 Å². The van der Waals surface area contributed by atoms with Gasteiger partial charge in [0.15, 0.2) is 0 Å². The van der Waals surface area contributed by atoms with Gasteiger partial charge in [-0.05, 0) is 30.7 Å². The minimum atomic E-state index is 1.05. The zero-order valence-electron chi connectivity index (χ0n) is 11.1. The van der Waals surface area contributed by atoms with Crippen molar-refractivity contribution >= 4 is 31.5 Å². The maximum absolute atomic E-state index is 4.48. The molecule has 0 aliphatic carbocycles. The molecule has 0 saturated heterocycles. The van der Waals surface area contributed by atoms with E-state index in [1.807, 2.05) is 29.7 Å². The Hall–Kier alpha value is -2.19. The number of fused-ring (bicyclic) bond motifs is 3. The molecule has 1 nitrogen and oxygen atoms in total. The Labute approximate surface area is 121 Å². The third-order valence-corrected chi connectivity index (χ3v) is 5.04. The molecule has 0 unspecified atom stereocenters. The minimum absolute atomic E-state index is 1.05. The van der Waals surface area contributed by atoms with E-state index in [-0.39, 0.29) is 0 Å². The third kappa shape index (κ3) is 1.65. The van der Waals surface area contributed by atoms with Crippen molar-refractivity contribution in [2.45, 2.75) is 6.92 Å². The van der Waals surface area contributed by atoms with Crippen molar-refractivity contribution < 1.29 is 0 Å². The van der Waals surface area contributed by atoms with Gasteiger partial charge in [-0.2, -0.15) is 0 Å². The van der Waals surface area contributed by atoms with Crippen LogP contribution in [-0.4, -0.2) is 4.98 Å². The SMILES string of the molecule is Cc1c(-c2ccccn2)ccc2c1sc1ccccc12. The van der Waals surface area contributed by atoms with Crippen LogP contribution in [0, 0.1) is 6.92 Å². The van der Waals surface area contributed by atoms with Crippen LogP contribution in [0.15, 0.2) is 60.8 Å². The van der Waals surface area contributed by atoms with Gasteiger partial charge in [0.05, 0.1) is 5.69 Å². The molecule has 2 heteroatoms. The molecule has 0 atom stereocenters. The molecule has 0 saturated carbocycles. The van der Waals surface area contributed by atoms with Gasteiger partial charge in [0, 0.05) is 31.9 Å². The number of aryl methyl sites for hydroxylation is 1. The number of hydrogen-bond donors (Lipinski definition) is 0. The summed E-state index contributed by atoms with van der Waals surface area (Å²) in [6.07, 6.45) is 1.85. The van der Waals surface area contributed by atoms with Crippen molar-refractivity contribution in [1.82, 2.24) is 4.98 Å². The van der Waals surface area contributed by atoms with Gasteiger partial charge in [0.25, 0.3) is 0 Å². The first kappa shape index (κ1) is 11.6. The van der Waals surface area contributed by atoms with Crippen LogP contribution in [0.25, 0.3) is 31.4 Å². The highest BCUT2D eigenvalue weighted by Crippen LogP contribution is 2.38. The second-order valence-corrected chi connectivity index (χ2v) is 5.98. The maximum atomic E-state index is 4.48. The smallest absolute Gasteiger partial charge is 0.0705 e. The molecular weight excluding hydrogens is 262 g/mol. The normalized spacial score (nSPS) is 11.2. The van der Waals surface area contributed by atoms with Gasteiger partial charge in [-0.1, -0.05) is 36.4 Å². The molecule has 0 aliphatic rings. The fraction of sp³-hybridized carbons (Fsp3) is 0.0556. The predicted molar refractivity (Wildman–Crippen MR) is 87.3 cm³/mol. The summed E-state index contributed by atoms with van der Waals surface area (Å²) in [4.78, 5) is 4.48. The summed E-state index contributed by atoms with van der Waals surface area (Å²) >= 11 is 1.87. The lowest BCUT2D eigenvalue weighted by Gasteiger charge is -2.06. The molecule has 0 aliphatic heterocycles. The van der Waals surface area contributed by atoms with Crippen LogP contribution >= 0.6 is 11.3 Å². The number of hydrogen-bond acceptors (Lipinski definition) is 2. The summed E-state index contributed by atoms with van der Waals surface area (Å²) < 4.78 is 2.72.